The van der Waals surface area contributed by atoms with Crippen molar-refractivity contribution in [1.29, 1.82) is 0 Å². The summed E-state index contributed by atoms with van der Waals surface area (Å²) in [5.41, 5.74) is 2.55. The molecule has 1 heteroatoms. The van der Waals surface area contributed by atoms with E-state index in [0.29, 0.717) is 6.04 Å². The van der Waals surface area contributed by atoms with E-state index in [1.807, 2.05) is 27.7 Å². The molecule has 0 radical (unpaired) electrons. The molecule has 15 heavy (non-hydrogen) atoms. The van der Waals surface area contributed by atoms with Crippen molar-refractivity contribution in [2.24, 2.45) is 0 Å². The number of benzene rings is 1. The molecule has 1 aromatic rings. The summed E-state index contributed by atoms with van der Waals surface area (Å²) in [5.74, 6) is 0. The van der Waals surface area contributed by atoms with E-state index in [4.69, 9.17) is 0 Å². The van der Waals surface area contributed by atoms with Gasteiger partial charge in [-0.1, -0.05) is 45.9 Å². The monoisotopic (exact) mass is 212 g/mol. The number of rotatable bonds is 2. The summed E-state index contributed by atoms with van der Waals surface area (Å²) in [6.07, 6.45) is 0. The number of anilines is 1. The first-order valence-electron chi connectivity index (χ1n) is 6.02. The van der Waals surface area contributed by atoms with Gasteiger partial charge < -0.3 is 5.32 Å². The zero-order valence-electron chi connectivity index (χ0n) is 11.4. The fourth-order valence-corrected chi connectivity index (χ4v) is 1.05. The Morgan fingerprint density at radius 1 is 1.00 bits per heavy atom. The topological polar surface area (TPSA) is 12.0 Å². The van der Waals surface area contributed by atoms with Crippen molar-refractivity contribution >= 4 is 5.69 Å². The second kappa shape index (κ2) is 11.1. The van der Waals surface area contributed by atoms with Crippen LogP contribution in [0.2, 0.25) is 0 Å². The Bertz CT molecular complexity index is 234. The largest absolute Gasteiger partial charge is 0.383 e. The molecular formula is C14H29N. The molecule has 0 bridgehead atoms. The average Bonchev–Trinajstić information content (AvgIpc) is 2.27. The minimum absolute atomic E-state index is 0. The van der Waals surface area contributed by atoms with Crippen LogP contribution in [-0.4, -0.2) is 6.04 Å². The van der Waals surface area contributed by atoms with Crippen LogP contribution in [-0.2, 0) is 0 Å². The van der Waals surface area contributed by atoms with Crippen molar-refractivity contribution in [3.63, 3.8) is 0 Å². The molecule has 0 aromatic heterocycles. The van der Waals surface area contributed by atoms with Gasteiger partial charge in [-0.3, -0.25) is 0 Å². The molecule has 1 aromatic carbocycles. The van der Waals surface area contributed by atoms with E-state index in [2.05, 4.69) is 50.4 Å². The Balaban J connectivity index is -0.000000305. The molecule has 90 valence electrons. The molecule has 0 saturated heterocycles. The molecular weight excluding hydrogens is 182 g/mol. The minimum Gasteiger partial charge on any atom is -0.383 e. The Morgan fingerprint density at radius 2 is 1.47 bits per heavy atom. The van der Waals surface area contributed by atoms with Gasteiger partial charge in [-0.15, -0.1) is 0 Å². The van der Waals surface area contributed by atoms with Gasteiger partial charge in [-0.2, -0.15) is 0 Å². The van der Waals surface area contributed by atoms with Crippen LogP contribution in [0.4, 0.5) is 5.69 Å². The van der Waals surface area contributed by atoms with Crippen molar-refractivity contribution in [1.82, 2.24) is 0 Å². The Kier molecular flexibility index (Phi) is 12.2. The lowest BCUT2D eigenvalue weighted by molar-refractivity contribution is 0.897. The van der Waals surface area contributed by atoms with E-state index in [-0.39, 0.29) is 1.43 Å². The van der Waals surface area contributed by atoms with E-state index in [0.717, 1.165) is 0 Å². The molecule has 0 unspecified atom stereocenters. The third-order valence-electron chi connectivity index (χ3n) is 1.59. The maximum absolute atomic E-state index is 3.37. The minimum atomic E-state index is 0. The maximum atomic E-state index is 3.37. The fraction of sp³-hybridized carbons (Fsp3) is 0.571. The van der Waals surface area contributed by atoms with Crippen LogP contribution >= 0.6 is 0 Å². The second-order valence-corrected chi connectivity index (χ2v) is 3.11. The molecule has 0 saturated carbocycles. The smallest absolute Gasteiger partial charge is 0.0371 e. The van der Waals surface area contributed by atoms with Crippen LogP contribution in [0.15, 0.2) is 24.3 Å². The zero-order chi connectivity index (χ0) is 12.3. The molecule has 0 fully saturated rings. The third-order valence-corrected chi connectivity index (χ3v) is 1.59. The zero-order valence-corrected chi connectivity index (χ0v) is 11.4. The molecule has 1 N–H and O–H groups in total. The van der Waals surface area contributed by atoms with Crippen molar-refractivity contribution in [2.45, 2.75) is 54.5 Å². The van der Waals surface area contributed by atoms with E-state index in [9.17, 15) is 0 Å². The predicted molar refractivity (Wildman–Crippen MR) is 74.7 cm³/mol. The third kappa shape index (κ3) is 8.04. The van der Waals surface area contributed by atoms with Gasteiger partial charge in [0.05, 0.1) is 0 Å². The van der Waals surface area contributed by atoms with Gasteiger partial charge in [0, 0.05) is 13.2 Å². The Labute approximate surface area is 97.4 Å². The Morgan fingerprint density at radius 3 is 1.87 bits per heavy atom. The number of para-hydroxylation sites is 1. The standard InChI is InChI=1S/C10H15N.2C2H6.H2/c1-8(2)11-10-7-5-4-6-9(10)3;2*1-2;/h4-8,11H,1-3H3;2*1-2H3;1H/i;;;1+1. The highest BCUT2D eigenvalue weighted by atomic mass is 14.9. The number of hydrogen-bond donors (Lipinski definition) is 1. The second-order valence-electron chi connectivity index (χ2n) is 3.11. The Hall–Kier alpha value is -0.980. The van der Waals surface area contributed by atoms with Gasteiger partial charge in [0.2, 0.25) is 0 Å². The summed E-state index contributed by atoms with van der Waals surface area (Å²) < 4.78 is 0. The lowest BCUT2D eigenvalue weighted by Crippen LogP contribution is -2.10. The van der Waals surface area contributed by atoms with E-state index in [1.54, 1.807) is 0 Å². The van der Waals surface area contributed by atoms with Crippen LogP contribution in [0.1, 0.15) is 48.5 Å². The molecule has 1 nitrogen and oxygen atoms in total. The summed E-state index contributed by atoms with van der Waals surface area (Å²) in [4.78, 5) is 0. The van der Waals surface area contributed by atoms with E-state index >= 15 is 0 Å². The molecule has 0 atom stereocenters. The van der Waals surface area contributed by atoms with Crippen molar-refractivity contribution in [3.05, 3.63) is 29.8 Å². The van der Waals surface area contributed by atoms with E-state index < -0.39 is 0 Å². The lowest BCUT2D eigenvalue weighted by Gasteiger charge is -2.11. The normalized spacial score (nSPS) is 8.27. The van der Waals surface area contributed by atoms with Crippen LogP contribution in [0.5, 0.6) is 0 Å². The first-order valence-corrected chi connectivity index (χ1v) is 6.02. The summed E-state index contributed by atoms with van der Waals surface area (Å²) in [7, 11) is 0. The molecule has 0 aliphatic heterocycles. The maximum Gasteiger partial charge on any atom is 0.0371 e. The van der Waals surface area contributed by atoms with Gasteiger partial charge in [0.25, 0.3) is 0 Å². The van der Waals surface area contributed by atoms with Crippen LogP contribution in [0, 0.1) is 6.92 Å². The van der Waals surface area contributed by atoms with Crippen LogP contribution in [0.25, 0.3) is 0 Å². The number of aryl methyl sites for hydroxylation is 1. The van der Waals surface area contributed by atoms with Gasteiger partial charge in [0.1, 0.15) is 0 Å². The van der Waals surface area contributed by atoms with Crippen molar-refractivity contribution in [3.8, 4) is 0 Å². The van der Waals surface area contributed by atoms with E-state index in [1.165, 1.54) is 11.3 Å². The average molecular weight is 212 g/mol. The van der Waals surface area contributed by atoms with Gasteiger partial charge in [-0.05, 0) is 32.4 Å². The summed E-state index contributed by atoms with van der Waals surface area (Å²) >= 11 is 0. The quantitative estimate of drug-likeness (QED) is 0.718. The van der Waals surface area contributed by atoms with Crippen molar-refractivity contribution in [2.75, 3.05) is 5.32 Å². The summed E-state index contributed by atoms with van der Waals surface area (Å²) in [6, 6.07) is 8.84. The molecule has 0 amide bonds. The van der Waals surface area contributed by atoms with Crippen molar-refractivity contribution < 1.29 is 1.43 Å². The van der Waals surface area contributed by atoms with Gasteiger partial charge in [0.15, 0.2) is 0 Å². The molecule has 1 rings (SSSR count). The molecule has 0 aliphatic rings. The number of hydrogen-bond acceptors (Lipinski definition) is 1. The highest BCUT2D eigenvalue weighted by molar-refractivity contribution is 5.50. The first-order chi connectivity index (χ1) is 7.20. The molecule has 0 aliphatic carbocycles. The SMILES string of the molecule is CC.CC.Cc1ccccc1NC(C)C.[2HH]. The van der Waals surface area contributed by atoms with Gasteiger partial charge >= 0.3 is 0 Å². The van der Waals surface area contributed by atoms with Crippen LogP contribution < -0.4 is 5.32 Å². The van der Waals surface area contributed by atoms with Crippen LogP contribution in [0.3, 0.4) is 0 Å². The first kappa shape index (κ1) is 16.4. The molecule has 0 spiro atoms. The van der Waals surface area contributed by atoms with Gasteiger partial charge in [-0.25, -0.2) is 0 Å². The lowest BCUT2D eigenvalue weighted by atomic mass is 10.2. The molecule has 0 heterocycles. The number of nitrogens with one attached hydrogen (secondary N) is 1. The predicted octanol–water partition coefficient (Wildman–Crippen LogP) is 5.11. The summed E-state index contributed by atoms with van der Waals surface area (Å²) in [6.45, 7) is 14.4. The highest BCUT2D eigenvalue weighted by Gasteiger charge is 1.96. The fourth-order valence-electron chi connectivity index (χ4n) is 1.05. The highest BCUT2D eigenvalue weighted by Crippen LogP contribution is 2.13. The summed E-state index contributed by atoms with van der Waals surface area (Å²) in [5, 5.41) is 3.37.